The topological polar surface area (TPSA) is 137 Å². The zero-order valence-corrected chi connectivity index (χ0v) is 22.4. The van der Waals surface area contributed by atoms with Crippen molar-refractivity contribution in [3.63, 3.8) is 0 Å². The first kappa shape index (κ1) is 29.2. The van der Waals surface area contributed by atoms with Gasteiger partial charge in [-0.25, -0.2) is 13.6 Å². The van der Waals surface area contributed by atoms with Crippen LogP contribution in [0, 0.1) is 17.6 Å². The molecule has 41 heavy (non-hydrogen) atoms. The van der Waals surface area contributed by atoms with Crippen molar-refractivity contribution in [2.45, 2.75) is 39.5 Å². The number of carbonyl (C=O) groups is 2. The van der Waals surface area contributed by atoms with Crippen LogP contribution < -0.4 is 20.5 Å². The van der Waals surface area contributed by atoms with Crippen LogP contribution in [0.15, 0.2) is 71.3 Å². The Kier molecular flexibility index (Phi) is 9.30. The molecule has 4 aromatic rings. The highest BCUT2D eigenvalue weighted by Crippen LogP contribution is 2.32. The van der Waals surface area contributed by atoms with Crippen molar-refractivity contribution in [3.8, 4) is 28.6 Å². The summed E-state index contributed by atoms with van der Waals surface area (Å²) in [6.45, 7) is 3.96. The number of hydrogen-bond acceptors (Lipinski definition) is 7. The molecule has 0 fully saturated rings. The van der Waals surface area contributed by atoms with Gasteiger partial charge in [-0.2, -0.15) is 4.98 Å². The highest BCUT2D eigenvalue weighted by atomic mass is 19.1. The number of halogens is 2. The minimum absolute atomic E-state index is 0.0671. The van der Waals surface area contributed by atoms with Gasteiger partial charge in [0.15, 0.2) is 23.5 Å². The van der Waals surface area contributed by atoms with Crippen LogP contribution in [0.4, 0.5) is 8.78 Å². The molecule has 4 N–H and O–H groups in total. The lowest BCUT2D eigenvalue weighted by Gasteiger charge is -2.17. The number of nitrogens with zero attached hydrogens (tertiary/aromatic N) is 1. The SMILES string of the molecule is CC(C)CC(Oc1nc(Oc2cc(CNC(=O)c3ccco3)cc(-c3cccc(CN)c3)c2)c(F)cc1F)C(=O)O. The molecule has 1 amide bonds. The van der Waals surface area contributed by atoms with Crippen LogP contribution >= 0.6 is 0 Å². The van der Waals surface area contributed by atoms with E-state index in [9.17, 15) is 23.5 Å². The van der Waals surface area contributed by atoms with Gasteiger partial charge in [0.05, 0.1) is 6.26 Å². The van der Waals surface area contributed by atoms with Crippen LogP contribution in [-0.4, -0.2) is 28.1 Å². The van der Waals surface area contributed by atoms with Gasteiger partial charge in [-0.1, -0.05) is 32.0 Å². The van der Waals surface area contributed by atoms with Crippen LogP contribution in [0.3, 0.4) is 0 Å². The summed E-state index contributed by atoms with van der Waals surface area (Å²) in [6, 6.07) is 16.1. The molecule has 0 aliphatic rings. The smallest absolute Gasteiger partial charge is 0.344 e. The van der Waals surface area contributed by atoms with Gasteiger partial charge in [0.25, 0.3) is 17.7 Å². The molecule has 1 unspecified atom stereocenters. The lowest BCUT2D eigenvalue weighted by atomic mass is 10.0. The molecule has 0 aliphatic heterocycles. The van der Waals surface area contributed by atoms with Crippen LogP contribution in [0.25, 0.3) is 11.1 Å². The van der Waals surface area contributed by atoms with Gasteiger partial charge in [0, 0.05) is 19.2 Å². The van der Waals surface area contributed by atoms with Crippen LogP contribution in [0.1, 0.15) is 41.9 Å². The Balaban J connectivity index is 1.67. The molecular formula is C30H29F2N3O6. The maximum atomic E-state index is 14.8. The molecule has 9 nitrogen and oxygen atoms in total. The normalized spacial score (nSPS) is 11.8. The predicted octanol–water partition coefficient (Wildman–Crippen LogP) is 5.68. The molecule has 214 valence electrons. The van der Waals surface area contributed by atoms with Crippen molar-refractivity contribution in [1.29, 1.82) is 0 Å². The highest BCUT2D eigenvalue weighted by molar-refractivity contribution is 5.91. The second kappa shape index (κ2) is 13.1. The number of rotatable bonds is 12. The number of furan rings is 1. The number of carboxylic acid groups (broad SMARTS) is 1. The van der Waals surface area contributed by atoms with E-state index in [2.05, 4.69) is 10.3 Å². The third-order valence-electron chi connectivity index (χ3n) is 5.95. The molecule has 0 aliphatic carbocycles. The molecule has 2 heterocycles. The number of benzene rings is 2. The number of amides is 1. The number of ether oxygens (including phenoxy) is 2. The molecule has 0 bridgehead atoms. The number of nitrogens with one attached hydrogen (secondary N) is 1. The van der Waals surface area contributed by atoms with Crippen molar-refractivity contribution in [2.24, 2.45) is 11.7 Å². The van der Waals surface area contributed by atoms with E-state index in [1.807, 2.05) is 30.3 Å². The van der Waals surface area contributed by atoms with Gasteiger partial charge >= 0.3 is 5.97 Å². The van der Waals surface area contributed by atoms with E-state index in [1.54, 1.807) is 32.0 Å². The number of carbonyl (C=O) groups excluding carboxylic acids is 1. The van der Waals surface area contributed by atoms with Gasteiger partial charge in [0.2, 0.25) is 0 Å². The third kappa shape index (κ3) is 7.67. The van der Waals surface area contributed by atoms with Crippen LogP contribution in [0.2, 0.25) is 0 Å². The largest absolute Gasteiger partial charge is 0.479 e. The quantitative estimate of drug-likeness (QED) is 0.200. The Labute approximate surface area is 234 Å². The van der Waals surface area contributed by atoms with Crippen molar-refractivity contribution in [2.75, 3.05) is 0 Å². The summed E-state index contributed by atoms with van der Waals surface area (Å²) >= 11 is 0. The third-order valence-corrected chi connectivity index (χ3v) is 5.95. The second-order valence-electron chi connectivity index (χ2n) is 9.67. The van der Waals surface area contributed by atoms with Gasteiger partial charge in [0.1, 0.15) is 5.75 Å². The van der Waals surface area contributed by atoms with E-state index >= 15 is 0 Å². The lowest BCUT2D eigenvalue weighted by molar-refractivity contribution is -0.146. The summed E-state index contributed by atoms with van der Waals surface area (Å²) < 4.78 is 45.4. The number of carboxylic acids is 1. The fourth-order valence-electron chi connectivity index (χ4n) is 4.01. The second-order valence-corrected chi connectivity index (χ2v) is 9.67. The number of pyridine rings is 1. The van der Waals surface area contributed by atoms with E-state index in [4.69, 9.17) is 19.6 Å². The van der Waals surface area contributed by atoms with Crippen LogP contribution in [0.5, 0.6) is 17.5 Å². The van der Waals surface area contributed by atoms with E-state index in [1.165, 1.54) is 12.3 Å². The predicted molar refractivity (Wildman–Crippen MR) is 145 cm³/mol. The fraction of sp³-hybridized carbons (Fsp3) is 0.233. The Morgan fingerprint density at radius 2 is 1.76 bits per heavy atom. The Morgan fingerprint density at radius 1 is 1.00 bits per heavy atom. The van der Waals surface area contributed by atoms with Crippen molar-refractivity contribution in [3.05, 3.63) is 95.4 Å². The van der Waals surface area contributed by atoms with Gasteiger partial charge < -0.3 is 30.0 Å². The summed E-state index contributed by atoms with van der Waals surface area (Å²) in [4.78, 5) is 27.8. The number of aliphatic carboxylic acids is 1. The zero-order valence-electron chi connectivity index (χ0n) is 22.4. The van der Waals surface area contributed by atoms with Crippen molar-refractivity contribution in [1.82, 2.24) is 10.3 Å². The molecule has 1 atom stereocenters. The minimum atomic E-state index is -1.39. The molecule has 4 rings (SSSR count). The molecule has 0 radical (unpaired) electrons. The first-order valence-corrected chi connectivity index (χ1v) is 12.8. The maximum Gasteiger partial charge on any atom is 0.344 e. The Hall–Kier alpha value is -4.77. The zero-order chi connectivity index (χ0) is 29.5. The molecule has 11 heteroatoms. The van der Waals surface area contributed by atoms with Gasteiger partial charge in [-0.15, -0.1) is 0 Å². The van der Waals surface area contributed by atoms with Crippen LogP contribution in [-0.2, 0) is 17.9 Å². The molecule has 0 spiro atoms. The lowest BCUT2D eigenvalue weighted by Crippen LogP contribution is -2.29. The first-order valence-electron chi connectivity index (χ1n) is 12.8. The van der Waals surface area contributed by atoms with E-state index in [-0.39, 0.29) is 30.4 Å². The molecule has 2 aromatic heterocycles. The van der Waals surface area contributed by atoms with Gasteiger partial charge in [-0.3, -0.25) is 4.79 Å². The molecule has 2 aromatic carbocycles. The monoisotopic (exact) mass is 565 g/mol. The average Bonchev–Trinajstić information content (AvgIpc) is 3.49. The van der Waals surface area contributed by atoms with E-state index in [0.717, 1.165) is 11.1 Å². The van der Waals surface area contributed by atoms with Crippen molar-refractivity contribution < 1.29 is 37.4 Å². The average molecular weight is 566 g/mol. The first-order chi connectivity index (χ1) is 19.6. The summed E-state index contributed by atoms with van der Waals surface area (Å²) in [5.41, 5.74) is 8.72. The van der Waals surface area contributed by atoms with E-state index < -0.39 is 41.4 Å². The minimum Gasteiger partial charge on any atom is -0.479 e. The van der Waals surface area contributed by atoms with Crippen molar-refractivity contribution >= 4 is 11.9 Å². The number of aromatic nitrogens is 1. The standard InChI is InChI=1S/C30H29F2N3O6/c1-17(2)9-26(30(37)38)41-29-24(32)14-23(31)28(35-29)40-22-12-19(16-34-27(36)25-7-4-8-39-25)11-21(13-22)20-6-3-5-18(10-20)15-33/h3-8,10-14,17,26H,9,15-16,33H2,1-2H3,(H,34,36)(H,37,38). The van der Waals surface area contributed by atoms with Gasteiger partial charge in [-0.05, 0) is 71.0 Å². The summed E-state index contributed by atoms with van der Waals surface area (Å²) in [7, 11) is 0. The number of nitrogens with two attached hydrogens (primary N) is 1. The fourth-order valence-corrected chi connectivity index (χ4v) is 4.01. The molecule has 0 saturated heterocycles. The molecule has 0 saturated carbocycles. The summed E-state index contributed by atoms with van der Waals surface area (Å²) in [5, 5.41) is 12.2. The summed E-state index contributed by atoms with van der Waals surface area (Å²) in [5.74, 6) is -5.15. The maximum absolute atomic E-state index is 14.8. The Morgan fingerprint density at radius 3 is 2.44 bits per heavy atom. The highest BCUT2D eigenvalue weighted by Gasteiger charge is 2.25. The van der Waals surface area contributed by atoms with E-state index in [0.29, 0.717) is 23.7 Å². The Bertz CT molecular complexity index is 1520. The molecular weight excluding hydrogens is 536 g/mol. The number of hydrogen-bond donors (Lipinski definition) is 3. The summed E-state index contributed by atoms with van der Waals surface area (Å²) in [6.07, 6.45) is 0.0780.